The molecule has 0 fully saturated rings. The predicted octanol–water partition coefficient (Wildman–Crippen LogP) is 2.81. The van der Waals surface area contributed by atoms with Crippen LogP contribution in [0.25, 0.3) is 0 Å². The first-order chi connectivity index (χ1) is 8.40. The molecule has 2 rings (SSSR count). The van der Waals surface area contributed by atoms with Crippen LogP contribution in [-0.4, -0.2) is 17.9 Å². The van der Waals surface area contributed by atoms with Gasteiger partial charge in [-0.15, -0.1) is 0 Å². The van der Waals surface area contributed by atoms with Gasteiger partial charge in [0.15, 0.2) is 5.78 Å². The van der Waals surface area contributed by atoms with Crippen molar-refractivity contribution in [3.63, 3.8) is 0 Å². The van der Waals surface area contributed by atoms with E-state index in [1.54, 1.807) is 6.08 Å². The molecule has 1 aliphatic carbocycles. The highest BCUT2D eigenvalue weighted by atomic mass is 16.5. The molecule has 0 aromatic carbocycles. The number of carbonyl (C=O) groups is 2. The molecular formula is C15H20O3. The van der Waals surface area contributed by atoms with E-state index < -0.39 is 0 Å². The molecule has 0 saturated heterocycles. The highest BCUT2D eigenvalue weighted by Crippen LogP contribution is 2.37. The molecule has 18 heavy (non-hydrogen) atoms. The summed E-state index contributed by atoms with van der Waals surface area (Å²) in [5, 5.41) is 0. The van der Waals surface area contributed by atoms with Crippen LogP contribution in [0, 0.1) is 11.3 Å². The van der Waals surface area contributed by atoms with E-state index in [1.807, 2.05) is 19.1 Å². The van der Waals surface area contributed by atoms with E-state index in [0.29, 0.717) is 12.8 Å². The van der Waals surface area contributed by atoms with Gasteiger partial charge in [-0.3, -0.25) is 4.79 Å². The number of carbonyl (C=O) groups excluding carboxylic acids is 2. The van der Waals surface area contributed by atoms with Gasteiger partial charge in [0.1, 0.15) is 6.10 Å². The maximum absolute atomic E-state index is 11.9. The molecule has 2 atom stereocenters. The van der Waals surface area contributed by atoms with Gasteiger partial charge in [0.25, 0.3) is 0 Å². The van der Waals surface area contributed by atoms with E-state index in [4.69, 9.17) is 4.74 Å². The first-order valence-electron chi connectivity index (χ1n) is 6.52. The molecule has 2 aliphatic rings. The van der Waals surface area contributed by atoms with Gasteiger partial charge in [0, 0.05) is 16.9 Å². The molecule has 1 heterocycles. The van der Waals surface area contributed by atoms with Crippen LogP contribution in [0.5, 0.6) is 0 Å². The Kier molecular flexibility index (Phi) is 3.42. The molecule has 1 aliphatic heterocycles. The van der Waals surface area contributed by atoms with E-state index >= 15 is 0 Å². The minimum absolute atomic E-state index is 0.0366. The Labute approximate surface area is 108 Å². The fourth-order valence-electron chi connectivity index (χ4n) is 2.65. The number of esters is 1. The highest BCUT2D eigenvalue weighted by molar-refractivity contribution is 5.92. The van der Waals surface area contributed by atoms with E-state index in [2.05, 4.69) is 13.8 Å². The molecule has 3 nitrogen and oxygen atoms in total. The number of ketones is 1. The first kappa shape index (κ1) is 13.1. The van der Waals surface area contributed by atoms with Crippen molar-refractivity contribution in [2.24, 2.45) is 11.3 Å². The van der Waals surface area contributed by atoms with E-state index in [-0.39, 0.29) is 29.2 Å². The van der Waals surface area contributed by atoms with Crippen LogP contribution >= 0.6 is 0 Å². The first-order valence-corrected chi connectivity index (χ1v) is 6.52. The van der Waals surface area contributed by atoms with E-state index in [9.17, 15) is 9.59 Å². The lowest BCUT2D eigenvalue weighted by molar-refractivity contribution is -0.144. The zero-order valence-electron chi connectivity index (χ0n) is 11.2. The molecule has 0 amide bonds. The van der Waals surface area contributed by atoms with Crippen molar-refractivity contribution in [2.75, 3.05) is 0 Å². The summed E-state index contributed by atoms with van der Waals surface area (Å²) in [6.07, 6.45) is 7.35. The molecule has 0 aromatic rings. The molecule has 0 N–H and O–H groups in total. The quantitative estimate of drug-likeness (QED) is 0.619. The second kappa shape index (κ2) is 4.71. The maximum atomic E-state index is 11.9. The number of rotatable bonds is 0. The van der Waals surface area contributed by atoms with Gasteiger partial charge in [-0.05, 0) is 31.4 Å². The monoisotopic (exact) mass is 248 g/mol. The third-order valence-corrected chi connectivity index (χ3v) is 3.80. The van der Waals surface area contributed by atoms with Gasteiger partial charge < -0.3 is 4.74 Å². The van der Waals surface area contributed by atoms with Crippen LogP contribution in [0.4, 0.5) is 0 Å². The van der Waals surface area contributed by atoms with Crippen molar-refractivity contribution in [1.82, 2.24) is 0 Å². The Morgan fingerprint density at radius 3 is 2.78 bits per heavy atom. The third-order valence-electron chi connectivity index (χ3n) is 3.80. The van der Waals surface area contributed by atoms with Crippen molar-refractivity contribution in [3.8, 4) is 0 Å². The average molecular weight is 248 g/mol. The van der Waals surface area contributed by atoms with Crippen LogP contribution in [-0.2, 0) is 14.3 Å². The molecule has 0 spiro atoms. The number of ether oxygens (including phenoxy) is 1. The second-order valence-corrected chi connectivity index (χ2v) is 5.95. The number of allylic oxidation sites excluding steroid dienone is 2. The zero-order chi connectivity index (χ0) is 13.3. The standard InChI is InChI=1S/C15H20O3/c1-10-9-15(2,3)13-8-11(14(17)18-13)6-4-5-7-12(10)16/h5,7-8,10,13H,4,6,9H2,1-3H3/t10-,13-/m0/s1. The molecule has 0 aromatic heterocycles. The molecule has 2 bridgehead atoms. The van der Waals surface area contributed by atoms with Crippen LogP contribution in [0.3, 0.4) is 0 Å². The summed E-state index contributed by atoms with van der Waals surface area (Å²) in [6.45, 7) is 6.04. The largest absolute Gasteiger partial charge is 0.454 e. The van der Waals surface area contributed by atoms with Gasteiger partial charge in [-0.2, -0.15) is 0 Å². The highest BCUT2D eigenvalue weighted by Gasteiger charge is 2.38. The minimum Gasteiger partial charge on any atom is -0.454 e. The van der Waals surface area contributed by atoms with E-state index in [0.717, 1.165) is 12.0 Å². The number of fused-ring (bicyclic) bond motifs is 1. The SMILES string of the molecule is C[C@H]1CC(C)(C)[C@@H]2C=C(CCC=CC1=O)C(=O)O2. The molecule has 98 valence electrons. The van der Waals surface area contributed by atoms with Crippen LogP contribution in [0.1, 0.15) is 40.0 Å². The molecular weight excluding hydrogens is 228 g/mol. The summed E-state index contributed by atoms with van der Waals surface area (Å²) < 4.78 is 5.43. The summed E-state index contributed by atoms with van der Waals surface area (Å²) >= 11 is 0. The third kappa shape index (κ3) is 2.55. The number of hydrogen-bond acceptors (Lipinski definition) is 3. The van der Waals surface area contributed by atoms with Gasteiger partial charge >= 0.3 is 5.97 Å². The smallest absolute Gasteiger partial charge is 0.334 e. The van der Waals surface area contributed by atoms with Gasteiger partial charge in [0.05, 0.1) is 0 Å². The summed E-state index contributed by atoms with van der Waals surface area (Å²) in [5.41, 5.74) is 0.546. The normalized spacial score (nSPS) is 31.6. The van der Waals surface area contributed by atoms with E-state index in [1.165, 1.54) is 0 Å². The summed E-state index contributed by atoms with van der Waals surface area (Å²) in [7, 11) is 0. The molecule has 0 saturated carbocycles. The minimum atomic E-state index is -0.204. The molecule has 0 radical (unpaired) electrons. The topological polar surface area (TPSA) is 43.4 Å². The fourth-order valence-corrected chi connectivity index (χ4v) is 2.65. The van der Waals surface area contributed by atoms with Crippen molar-refractivity contribution in [3.05, 3.63) is 23.8 Å². The summed E-state index contributed by atoms with van der Waals surface area (Å²) in [5.74, 6) is -0.0660. The Bertz CT molecular complexity index is 429. The molecule has 0 unspecified atom stereocenters. The second-order valence-electron chi connectivity index (χ2n) is 5.95. The summed E-state index contributed by atoms with van der Waals surface area (Å²) in [4.78, 5) is 23.6. The average Bonchev–Trinajstić information content (AvgIpc) is 2.65. The lowest BCUT2D eigenvalue weighted by atomic mass is 9.77. The Morgan fingerprint density at radius 1 is 1.33 bits per heavy atom. The number of hydrogen-bond donors (Lipinski definition) is 0. The van der Waals surface area contributed by atoms with Gasteiger partial charge in [0.2, 0.25) is 0 Å². The zero-order valence-corrected chi connectivity index (χ0v) is 11.2. The van der Waals surface area contributed by atoms with Crippen LogP contribution in [0.15, 0.2) is 23.8 Å². The lowest BCUT2D eigenvalue weighted by Gasteiger charge is -2.31. The fraction of sp³-hybridized carbons (Fsp3) is 0.600. The predicted molar refractivity (Wildman–Crippen MR) is 68.9 cm³/mol. The lowest BCUT2D eigenvalue weighted by Crippen LogP contribution is -2.32. The Balaban J connectivity index is 2.29. The molecule has 3 heteroatoms. The van der Waals surface area contributed by atoms with Crippen molar-refractivity contribution in [2.45, 2.75) is 46.1 Å². The van der Waals surface area contributed by atoms with Gasteiger partial charge in [-0.25, -0.2) is 4.79 Å². The van der Waals surface area contributed by atoms with Gasteiger partial charge in [-0.1, -0.05) is 26.8 Å². The van der Waals surface area contributed by atoms with Crippen molar-refractivity contribution in [1.29, 1.82) is 0 Å². The van der Waals surface area contributed by atoms with Crippen LogP contribution < -0.4 is 0 Å². The Morgan fingerprint density at radius 2 is 2.06 bits per heavy atom. The van der Waals surface area contributed by atoms with Crippen molar-refractivity contribution >= 4 is 11.8 Å². The van der Waals surface area contributed by atoms with Crippen LogP contribution in [0.2, 0.25) is 0 Å². The Hall–Kier alpha value is -1.38. The summed E-state index contributed by atoms with van der Waals surface area (Å²) in [6, 6.07) is 0. The van der Waals surface area contributed by atoms with Crippen molar-refractivity contribution < 1.29 is 14.3 Å². The maximum Gasteiger partial charge on any atom is 0.334 e.